The first-order valence-corrected chi connectivity index (χ1v) is 7.51. The first-order chi connectivity index (χ1) is 10.3. The number of carbonyl (C=O) groups excluding carboxylic acids is 2. The van der Waals surface area contributed by atoms with Gasteiger partial charge in [-0.25, -0.2) is 4.79 Å². The van der Waals surface area contributed by atoms with Gasteiger partial charge in [-0.3, -0.25) is 4.79 Å². The molecule has 6 nitrogen and oxygen atoms in total. The molecule has 1 amide bonds. The van der Waals surface area contributed by atoms with Crippen LogP contribution in [0, 0.1) is 0 Å². The molecule has 1 saturated heterocycles. The maximum absolute atomic E-state index is 11.9. The van der Waals surface area contributed by atoms with Crippen molar-refractivity contribution in [1.82, 2.24) is 4.90 Å². The van der Waals surface area contributed by atoms with Gasteiger partial charge < -0.3 is 18.8 Å². The van der Waals surface area contributed by atoms with E-state index >= 15 is 0 Å². The van der Waals surface area contributed by atoms with Crippen LogP contribution in [0.4, 0.5) is 4.79 Å². The Morgan fingerprint density at radius 2 is 2.00 bits per heavy atom. The molecule has 1 aliphatic rings. The van der Waals surface area contributed by atoms with Gasteiger partial charge in [-0.15, -0.1) is 0 Å². The van der Waals surface area contributed by atoms with Gasteiger partial charge in [0.1, 0.15) is 12.2 Å². The van der Waals surface area contributed by atoms with Crippen LogP contribution in [-0.2, 0) is 9.47 Å². The fraction of sp³-hybridized carbons (Fsp3) is 0.625. The first kappa shape index (κ1) is 16.5. The maximum atomic E-state index is 11.9. The molecule has 1 aromatic heterocycles. The molecule has 0 bridgehead atoms. The van der Waals surface area contributed by atoms with Gasteiger partial charge in [0.2, 0.25) is 5.78 Å². The second-order valence-electron chi connectivity index (χ2n) is 6.38. The largest absolute Gasteiger partial charge is 0.461 e. The number of amides is 1. The molecule has 2 heterocycles. The predicted molar refractivity (Wildman–Crippen MR) is 79.8 cm³/mol. The second-order valence-corrected chi connectivity index (χ2v) is 6.38. The Hall–Kier alpha value is -1.82. The van der Waals surface area contributed by atoms with Crippen molar-refractivity contribution < 1.29 is 23.5 Å². The molecule has 1 aliphatic heterocycles. The molecule has 0 saturated carbocycles. The van der Waals surface area contributed by atoms with Crippen LogP contribution in [0.5, 0.6) is 0 Å². The number of likely N-dealkylation sites (tertiary alicyclic amines) is 1. The molecule has 0 unspecified atom stereocenters. The normalized spacial score (nSPS) is 16.6. The van der Waals surface area contributed by atoms with E-state index < -0.39 is 5.60 Å². The number of ketones is 1. The highest BCUT2D eigenvalue weighted by atomic mass is 16.6. The van der Waals surface area contributed by atoms with Crippen molar-refractivity contribution in [3.63, 3.8) is 0 Å². The number of carbonyl (C=O) groups is 2. The monoisotopic (exact) mass is 309 g/mol. The van der Waals surface area contributed by atoms with Crippen molar-refractivity contribution in [2.24, 2.45) is 0 Å². The third-order valence-electron chi connectivity index (χ3n) is 3.34. The Morgan fingerprint density at radius 3 is 2.55 bits per heavy atom. The Kier molecular flexibility index (Phi) is 5.24. The summed E-state index contributed by atoms with van der Waals surface area (Å²) in [6.45, 7) is 6.71. The lowest BCUT2D eigenvalue weighted by atomic mass is 10.1. The lowest BCUT2D eigenvalue weighted by molar-refractivity contribution is -0.00879. The van der Waals surface area contributed by atoms with Crippen LogP contribution in [-0.4, -0.2) is 48.2 Å². The molecule has 0 aliphatic carbocycles. The predicted octanol–water partition coefficient (Wildman–Crippen LogP) is 2.88. The first-order valence-electron chi connectivity index (χ1n) is 7.51. The van der Waals surface area contributed by atoms with E-state index in [-0.39, 0.29) is 24.6 Å². The Labute approximate surface area is 130 Å². The minimum absolute atomic E-state index is 0.00458. The van der Waals surface area contributed by atoms with Gasteiger partial charge in [0.15, 0.2) is 5.76 Å². The Balaban J connectivity index is 1.71. The van der Waals surface area contributed by atoms with Crippen molar-refractivity contribution in [2.45, 2.75) is 45.3 Å². The SMILES string of the molecule is CC(C)(C)OC(=O)N1CCC(OCC(=O)c2ccco2)CC1. The summed E-state index contributed by atoms with van der Waals surface area (Å²) in [5.74, 6) is 0.144. The molecular formula is C16H23NO5. The number of rotatable bonds is 4. The zero-order valence-electron chi connectivity index (χ0n) is 13.3. The molecule has 0 spiro atoms. The zero-order chi connectivity index (χ0) is 16.2. The number of nitrogens with zero attached hydrogens (tertiary/aromatic N) is 1. The summed E-state index contributed by atoms with van der Waals surface area (Å²) >= 11 is 0. The van der Waals surface area contributed by atoms with Crippen LogP contribution in [0.25, 0.3) is 0 Å². The summed E-state index contributed by atoms with van der Waals surface area (Å²) in [4.78, 5) is 25.4. The van der Waals surface area contributed by atoms with E-state index in [1.54, 1.807) is 17.0 Å². The van der Waals surface area contributed by atoms with Gasteiger partial charge >= 0.3 is 6.09 Å². The lowest BCUT2D eigenvalue weighted by Gasteiger charge is -2.33. The fourth-order valence-corrected chi connectivity index (χ4v) is 2.23. The number of piperidine rings is 1. The van der Waals surface area contributed by atoms with Gasteiger partial charge in [0.25, 0.3) is 0 Å². The van der Waals surface area contributed by atoms with E-state index in [1.807, 2.05) is 20.8 Å². The molecule has 22 heavy (non-hydrogen) atoms. The van der Waals surface area contributed by atoms with E-state index in [9.17, 15) is 9.59 Å². The summed E-state index contributed by atoms with van der Waals surface area (Å²) in [5.41, 5.74) is -0.486. The van der Waals surface area contributed by atoms with Crippen molar-refractivity contribution in [2.75, 3.05) is 19.7 Å². The molecule has 122 valence electrons. The van der Waals surface area contributed by atoms with Crippen LogP contribution >= 0.6 is 0 Å². The van der Waals surface area contributed by atoms with E-state index in [4.69, 9.17) is 13.9 Å². The quantitative estimate of drug-likeness (QED) is 0.800. The Bertz CT molecular complexity index is 495. The third kappa shape index (κ3) is 4.87. The second kappa shape index (κ2) is 6.96. The summed E-state index contributed by atoms with van der Waals surface area (Å²) in [7, 11) is 0. The highest BCUT2D eigenvalue weighted by Gasteiger charge is 2.27. The van der Waals surface area contributed by atoms with Crippen LogP contribution in [0.15, 0.2) is 22.8 Å². The van der Waals surface area contributed by atoms with Gasteiger partial charge in [-0.05, 0) is 45.7 Å². The Morgan fingerprint density at radius 1 is 1.32 bits per heavy atom. The van der Waals surface area contributed by atoms with E-state index in [0.717, 1.165) is 0 Å². The average Bonchev–Trinajstić information content (AvgIpc) is 2.97. The van der Waals surface area contributed by atoms with Crippen LogP contribution in [0.2, 0.25) is 0 Å². The van der Waals surface area contributed by atoms with E-state index in [0.29, 0.717) is 31.7 Å². The molecule has 0 N–H and O–H groups in total. The van der Waals surface area contributed by atoms with Crippen LogP contribution < -0.4 is 0 Å². The molecule has 0 aromatic carbocycles. The van der Waals surface area contributed by atoms with E-state index in [2.05, 4.69) is 0 Å². The van der Waals surface area contributed by atoms with Crippen molar-refractivity contribution in [3.8, 4) is 0 Å². The summed E-state index contributed by atoms with van der Waals surface area (Å²) in [6, 6.07) is 3.29. The molecule has 2 rings (SSSR count). The molecular weight excluding hydrogens is 286 g/mol. The average molecular weight is 309 g/mol. The molecule has 1 aromatic rings. The number of Topliss-reactive ketones (excluding diaryl/α,β-unsaturated/α-hetero) is 1. The highest BCUT2D eigenvalue weighted by molar-refractivity contribution is 5.94. The minimum Gasteiger partial charge on any atom is -0.461 e. The van der Waals surface area contributed by atoms with Gasteiger partial charge in [0.05, 0.1) is 12.4 Å². The van der Waals surface area contributed by atoms with Crippen LogP contribution in [0.1, 0.15) is 44.2 Å². The number of hydrogen-bond acceptors (Lipinski definition) is 5. The summed E-state index contributed by atoms with van der Waals surface area (Å²) in [5, 5.41) is 0. The highest BCUT2D eigenvalue weighted by Crippen LogP contribution is 2.17. The topological polar surface area (TPSA) is 69.0 Å². The summed E-state index contributed by atoms with van der Waals surface area (Å²) in [6.07, 6.45) is 2.55. The van der Waals surface area contributed by atoms with E-state index in [1.165, 1.54) is 6.26 Å². The van der Waals surface area contributed by atoms with Crippen molar-refractivity contribution in [3.05, 3.63) is 24.2 Å². The number of hydrogen-bond donors (Lipinski definition) is 0. The zero-order valence-corrected chi connectivity index (χ0v) is 13.3. The maximum Gasteiger partial charge on any atom is 0.410 e. The van der Waals surface area contributed by atoms with Gasteiger partial charge in [0, 0.05) is 13.1 Å². The lowest BCUT2D eigenvalue weighted by Crippen LogP contribution is -2.43. The fourth-order valence-electron chi connectivity index (χ4n) is 2.23. The van der Waals surface area contributed by atoms with Crippen LogP contribution in [0.3, 0.4) is 0 Å². The van der Waals surface area contributed by atoms with Crippen molar-refractivity contribution >= 4 is 11.9 Å². The molecule has 1 fully saturated rings. The molecule has 6 heteroatoms. The molecule has 0 atom stereocenters. The van der Waals surface area contributed by atoms with Gasteiger partial charge in [-0.2, -0.15) is 0 Å². The molecule has 0 radical (unpaired) electrons. The summed E-state index contributed by atoms with van der Waals surface area (Å²) < 4.78 is 16.0. The smallest absolute Gasteiger partial charge is 0.410 e. The van der Waals surface area contributed by atoms with Crippen molar-refractivity contribution in [1.29, 1.82) is 0 Å². The number of ether oxygens (including phenoxy) is 2. The van der Waals surface area contributed by atoms with Gasteiger partial charge in [-0.1, -0.05) is 0 Å². The minimum atomic E-state index is -0.486. The third-order valence-corrected chi connectivity index (χ3v) is 3.34. The number of furan rings is 1. The standard InChI is InChI=1S/C16H23NO5/c1-16(2,3)22-15(19)17-8-6-12(7-9-17)21-11-13(18)14-5-4-10-20-14/h4-5,10,12H,6-9,11H2,1-3H3.